The largest absolute Gasteiger partial charge is 0.368 e. The molecule has 0 amide bonds. The molecule has 0 fully saturated rings. The SMILES string of the molecule is CC(C)(C)CCCC(O)O.CC(C)C.CC(C)C. The van der Waals surface area contributed by atoms with Crippen LogP contribution in [-0.2, 0) is 0 Å². The van der Waals surface area contributed by atoms with E-state index in [1.807, 2.05) is 0 Å². The second kappa shape index (κ2) is 13.4. The van der Waals surface area contributed by atoms with Gasteiger partial charge in [-0.1, -0.05) is 62.3 Å². The van der Waals surface area contributed by atoms with E-state index < -0.39 is 6.29 Å². The monoisotopic (exact) mass is 262 g/mol. The smallest absolute Gasteiger partial charge is 0.151 e. The summed E-state index contributed by atoms with van der Waals surface area (Å²) in [4.78, 5) is 0. The molecule has 0 saturated carbocycles. The molecule has 2 heteroatoms. The second-order valence-corrected chi connectivity index (χ2v) is 7.40. The minimum Gasteiger partial charge on any atom is -0.368 e. The predicted molar refractivity (Wildman–Crippen MR) is 82.6 cm³/mol. The molecule has 0 aliphatic heterocycles. The minimum absolute atomic E-state index is 0.314. The van der Waals surface area contributed by atoms with Crippen LogP contribution in [0.5, 0.6) is 0 Å². The molecule has 0 spiro atoms. The molecule has 0 aliphatic carbocycles. The van der Waals surface area contributed by atoms with Crippen molar-refractivity contribution in [1.29, 1.82) is 0 Å². The van der Waals surface area contributed by atoms with Crippen molar-refractivity contribution in [2.24, 2.45) is 17.3 Å². The fraction of sp³-hybridized carbons (Fsp3) is 1.00. The standard InChI is InChI=1S/C8H18O2.2C4H10/c1-8(2,3)6-4-5-7(9)10;2*1-4(2)3/h7,9-10H,4-6H2,1-3H3;2*4H,1-3H3. The minimum atomic E-state index is -1.12. The van der Waals surface area contributed by atoms with Gasteiger partial charge in [0.2, 0.25) is 0 Å². The van der Waals surface area contributed by atoms with Crippen LogP contribution in [0.3, 0.4) is 0 Å². The van der Waals surface area contributed by atoms with Crippen molar-refractivity contribution in [3.63, 3.8) is 0 Å². The third-order valence-corrected chi connectivity index (χ3v) is 1.39. The van der Waals surface area contributed by atoms with Crippen LogP contribution in [0.2, 0.25) is 0 Å². The average molecular weight is 262 g/mol. The Labute approximate surface area is 116 Å². The molecule has 0 rings (SSSR count). The lowest BCUT2D eigenvalue weighted by Gasteiger charge is -2.17. The highest BCUT2D eigenvalue weighted by molar-refractivity contribution is 4.60. The zero-order valence-electron chi connectivity index (χ0n) is 14.2. The topological polar surface area (TPSA) is 40.5 Å². The van der Waals surface area contributed by atoms with E-state index >= 15 is 0 Å². The van der Waals surface area contributed by atoms with Gasteiger partial charge in [0.15, 0.2) is 6.29 Å². The van der Waals surface area contributed by atoms with Gasteiger partial charge in [0.05, 0.1) is 0 Å². The van der Waals surface area contributed by atoms with E-state index in [-0.39, 0.29) is 0 Å². The van der Waals surface area contributed by atoms with E-state index in [9.17, 15) is 0 Å². The maximum absolute atomic E-state index is 8.50. The Kier molecular flexibility index (Phi) is 17.1. The predicted octanol–water partition coefficient (Wildman–Crippen LogP) is 4.84. The summed E-state index contributed by atoms with van der Waals surface area (Å²) >= 11 is 0. The van der Waals surface area contributed by atoms with Crippen molar-refractivity contribution in [3.05, 3.63) is 0 Å². The Hall–Kier alpha value is -0.0800. The van der Waals surface area contributed by atoms with Gasteiger partial charge < -0.3 is 10.2 Å². The molecule has 2 N–H and O–H groups in total. The number of aliphatic hydroxyl groups excluding tert-OH is 1. The first-order valence-corrected chi connectivity index (χ1v) is 7.24. The third kappa shape index (κ3) is 74.0. The molecule has 18 heavy (non-hydrogen) atoms. The fourth-order valence-electron chi connectivity index (χ4n) is 0.815. The highest BCUT2D eigenvalue weighted by Gasteiger charge is 2.09. The summed E-state index contributed by atoms with van der Waals surface area (Å²) in [5.41, 5.74) is 0.314. The first-order chi connectivity index (χ1) is 7.88. The average Bonchev–Trinajstić information content (AvgIpc) is 1.96. The van der Waals surface area contributed by atoms with Crippen LogP contribution in [0, 0.1) is 17.3 Å². The molecule has 0 aromatic heterocycles. The van der Waals surface area contributed by atoms with Crippen molar-refractivity contribution in [2.45, 2.75) is 87.9 Å². The molecule has 0 aromatic carbocycles. The van der Waals surface area contributed by atoms with Gasteiger partial charge in [-0.05, 0) is 36.5 Å². The Morgan fingerprint density at radius 2 is 1.06 bits per heavy atom. The Morgan fingerprint density at radius 3 is 1.22 bits per heavy atom. The highest BCUT2D eigenvalue weighted by Crippen LogP contribution is 2.21. The third-order valence-electron chi connectivity index (χ3n) is 1.39. The van der Waals surface area contributed by atoms with E-state index in [1.165, 1.54) is 0 Å². The first-order valence-electron chi connectivity index (χ1n) is 7.24. The van der Waals surface area contributed by atoms with Crippen molar-refractivity contribution in [1.82, 2.24) is 0 Å². The summed E-state index contributed by atoms with van der Waals surface area (Å²) in [5.74, 6) is 1.67. The summed E-state index contributed by atoms with van der Waals surface area (Å²) in [6.07, 6.45) is 1.31. The van der Waals surface area contributed by atoms with Gasteiger partial charge in [-0.25, -0.2) is 0 Å². The molecule has 0 aliphatic rings. The van der Waals surface area contributed by atoms with Gasteiger partial charge in [0, 0.05) is 0 Å². The lowest BCUT2D eigenvalue weighted by Crippen LogP contribution is -2.08. The van der Waals surface area contributed by atoms with Crippen LogP contribution >= 0.6 is 0 Å². The molecule has 0 aromatic rings. The van der Waals surface area contributed by atoms with E-state index in [4.69, 9.17) is 10.2 Å². The molecule has 114 valence electrons. The maximum Gasteiger partial charge on any atom is 0.151 e. The molecular weight excluding hydrogens is 224 g/mol. The Bertz CT molecular complexity index is 132. The van der Waals surface area contributed by atoms with Gasteiger partial charge in [-0.3, -0.25) is 0 Å². The highest BCUT2D eigenvalue weighted by atomic mass is 16.5. The van der Waals surface area contributed by atoms with Crippen LogP contribution < -0.4 is 0 Å². The van der Waals surface area contributed by atoms with Crippen molar-refractivity contribution < 1.29 is 10.2 Å². The zero-order valence-corrected chi connectivity index (χ0v) is 14.2. The number of hydrogen-bond donors (Lipinski definition) is 2. The van der Waals surface area contributed by atoms with E-state index in [0.717, 1.165) is 24.7 Å². The maximum atomic E-state index is 8.50. The Morgan fingerprint density at radius 1 is 0.778 bits per heavy atom. The van der Waals surface area contributed by atoms with Crippen LogP contribution in [0.15, 0.2) is 0 Å². The zero-order chi connectivity index (χ0) is 15.4. The van der Waals surface area contributed by atoms with Crippen molar-refractivity contribution in [3.8, 4) is 0 Å². The van der Waals surface area contributed by atoms with Crippen LogP contribution in [0.1, 0.15) is 81.6 Å². The summed E-state index contributed by atoms with van der Waals surface area (Å²) < 4.78 is 0. The van der Waals surface area contributed by atoms with Gasteiger partial charge in [0.25, 0.3) is 0 Å². The molecule has 0 atom stereocenters. The second-order valence-electron chi connectivity index (χ2n) is 7.40. The quantitative estimate of drug-likeness (QED) is 0.715. The van der Waals surface area contributed by atoms with Gasteiger partial charge in [-0.2, -0.15) is 0 Å². The molecular formula is C16H38O2. The Balaban J connectivity index is -0.000000233. The summed E-state index contributed by atoms with van der Waals surface area (Å²) in [6.45, 7) is 19.4. The number of rotatable bonds is 3. The van der Waals surface area contributed by atoms with Gasteiger partial charge >= 0.3 is 0 Å². The fourth-order valence-corrected chi connectivity index (χ4v) is 0.815. The normalized spacial score (nSPS) is 11.0. The van der Waals surface area contributed by atoms with Crippen molar-refractivity contribution >= 4 is 0 Å². The summed E-state index contributed by atoms with van der Waals surface area (Å²) in [5, 5.41) is 17.0. The van der Waals surface area contributed by atoms with Crippen LogP contribution in [0.25, 0.3) is 0 Å². The van der Waals surface area contributed by atoms with Crippen LogP contribution in [0.4, 0.5) is 0 Å². The van der Waals surface area contributed by atoms with E-state index in [0.29, 0.717) is 11.8 Å². The molecule has 0 radical (unpaired) electrons. The van der Waals surface area contributed by atoms with Crippen molar-refractivity contribution in [2.75, 3.05) is 0 Å². The van der Waals surface area contributed by atoms with Gasteiger partial charge in [-0.15, -0.1) is 0 Å². The first kappa shape index (κ1) is 23.0. The molecule has 0 bridgehead atoms. The number of aliphatic hydroxyl groups is 2. The lowest BCUT2D eigenvalue weighted by molar-refractivity contribution is -0.0476. The van der Waals surface area contributed by atoms with Crippen LogP contribution in [-0.4, -0.2) is 16.5 Å². The van der Waals surface area contributed by atoms with E-state index in [1.54, 1.807) is 0 Å². The lowest BCUT2D eigenvalue weighted by atomic mass is 9.90. The van der Waals surface area contributed by atoms with E-state index in [2.05, 4.69) is 62.3 Å². The molecule has 0 heterocycles. The molecule has 0 saturated heterocycles. The molecule has 2 nitrogen and oxygen atoms in total. The summed E-state index contributed by atoms with van der Waals surface area (Å²) in [7, 11) is 0. The number of hydrogen-bond acceptors (Lipinski definition) is 2. The molecule has 0 unspecified atom stereocenters. The van der Waals surface area contributed by atoms with Gasteiger partial charge in [0.1, 0.15) is 0 Å². The summed E-state index contributed by atoms with van der Waals surface area (Å²) in [6, 6.07) is 0.